The Morgan fingerprint density at radius 2 is 1.70 bits per heavy atom. The van der Waals surface area contributed by atoms with E-state index in [0.29, 0.717) is 5.75 Å². The average Bonchev–Trinajstić information content (AvgIpc) is 2.70. The van der Waals surface area contributed by atoms with Crippen molar-refractivity contribution in [2.75, 3.05) is 29.9 Å². The number of nitrogens with zero attached hydrogens (tertiary/aromatic N) is 1. The minimum absolute atomic E-state index is 0.0469. The van der Waals surface area contributed by atoms with E-state index in [-0.39, 0.29) is 12.5 Å². The van der Waals surface area contributed by atoms with E-state index in [2.05, 4.69) is 40.0 Å². The van der Waals surface area contributed by atoms with E-state index in [1.807, 2.05) is 60.7 Å². The average molecular weight is 427 g/mol. The van der Waals surface area contributed by atoms with Gasteiger partial charge in [0.2, 0.25) is 0 Å². The summed E-state index contributed by atoms with van der Waals surface area (Å²) >= 11 is 3.57. The maximum Gasteiger partial charge on any atom is 0.262 e. The molecule has 1 amide bonds. The van der Waals surface area contributed by atoms with Gasteiger partial charge in [0.25, 0.3) is 5.91 Å². The van der Waals surface area contributed by atoms with E-state index in [1.165, 1.54) is 0 Å². The minimum Gasteiger partial charge on any atom is -0.483 e. The van der Waals surface area contributed by atoms with Gasteiger partial charge in [-0.1, -0.05) is 30.3 Å². The highest BCUT2D eigenvalue weighted by molar-refractivity contribution is 9.10. The van der Waals surface area contributed by atoms with Crippen LogP contribution in [0.15, 0.2) is 65.1 Å². The molecule has 0 unspecified atom stereocenters. The molecule has 3 aromatic carbocycles. The van der Waals surface area contributed by atoms with Crippen LogP contribution in [0.4, 0.5) is 11.4 Å². The number of fused-ring (bicyclic) bond motifs is 1. The van der Waals surface area contributed by atoms with E-state index < -0.39 is 0 Å². The maximum absolute atomic E-state index is 12.2. The third-order valence-electron chi connectivity index (χ3n) is 4.47. The Morgan fingerprint density at radius 3 is 2.41 bits per heavy atom. The number of halogens is 1. The zero-order chi connectivity index (χ0) is 19.2. The molecule has 4 nitrogen and oxygen atoms in total. The molecule has 3 rings (SSSR count). The number of anilines is 2. The van der Waals surface area contributed by atoms with Crippen LogP contribution in [0.5, 0.6) is 5.75 Å². The van der Waals surface area contributed by atoms with Crippen LogP contribution >= 0.6 is 15.9 Å². The molecule has 140 valence electrons. The second-order valence-electron chi connectivity index (χ2n) is 6.15. The fourth-order valence-corrected chi connectivity index (χ4v) is 3.62. The predicted molar refractivity (Wildman–Crippen MR) is 116 cm³/mol. The van der Waals surface area contributed by atoms with Crippen LogP contribution in [0.2, 0.25) is 0 Å². The molecule has 0 saturated heterocycles. The fourth-order valence-electron chi connectivity index (χ4n) is 3.01. The molecule has 1 N–H and O–H groups in total. The first kappa shape index (κ1) is 19.2. The molecule has 0 fully saturated rings. The Bertz CT molecular complexity index is 921. The molecule has 0 aliphatic heterocycles. The van der Waals surface area contributed by atoms with Crippen molar-refractivity contribution in [2.24, 2.45) is 0 Å². The smallest absolute Gasteiger partial charge is 0.262 e. The Morgan fingerprint density at radius 1 is 1.00 bits per heavy atom. The number of ether oxygens (including phenoxy) is 1. The molecule has 0 heterocycles. The molecule has 0 aromatic heterocycles. The standard InChI is InChI=1S/C22H23BrN2O2/c1-3-25(4-2)18-12-10-17(11-13-18)24-21(26)15-27-20-14-9-16-7-5-6-8-19(16)22(20)23/h5-14H,3-4,15H2,1-2H3,(H,24,26). The molecule has 0 spiro atoms. The van der Waals surface area contributed by atoms with Crippen LogP contribution in [-0.2, 0) is 4.79 Å². The minimum atomic E-state index is -0.189. The Labute approximate surface area is 168 Å². The van der Waals surface area contributed by atoms with E-state index in [1.54, 1.807) is 0 Å². The molecular weight excluding hydrogens is 404 g/mol. The summed E-state index contributed by atoms with van der Waals surface area (Å²) in [7, 11) is 0. The van der Waals surface area contributed by atoms with Gasteiger partial charge in [0.1, 0.15) is 5.75 Å². The number of hydrogen-bond donors (Lipinski definition) is 1. The van der Waals surface area contributed by atoms with Crippen LogP contribution in [0.1, 0.15) is 13.8 Å². The van der Waals surface area contributed by atoms with Crippen molar-refractivity contribution in [1.29, 1.82) is 0 Å². The molecule has 0 radical (unpaired) electrons. The lowest BCUT2D eigenvalue weighted by atomic mass is 10.1. The molecule has 0 bridgehead atoms. The first-order valence-corrected chi connectivity index (χ1v) is 9.86. The summed E-state index contributed by atoms with van der Waals surface area (Å²) in [6.07, 6.45) is 0. The summed E-state index contributed by atoms with van der Waals surface area (Å²) in [6, 6.07) is 19.8. The second kappa shape index (κ2) is 8.91. The highest BCUT2D eigenvalue weighted by atomic mass is 79.9. The molecule has 27 heavy (non-hydrogen) atoms. The van der Waals surface area contributed by atoms with Gasteiger partial charge in [-0.2, -0.15) is 0 Å². The molecule has 3 aromatic rings. The van der Waals surface area contributed by atoms with Crippen molar-refractivity contribution >= 4 is 44.0 Å². The van der Waals surface area contributed by atoms with Gasteiger partial charge in [-0.05, 0) is 70.9 Å². The molecule has 5 heteroatoms. The van der Waals surface area contributed by atoms with E-state index >= 15 is 0 Å². The van der Waals surface area contributed by atoms with Crippen molar-refractivity contribution < 1.29 is 9.53 Å². The number of nitrogens with one attached hydrogen (secondary N) is 1. The van der Waals surface area contributed by atoms with E-state index in [4.69, 9.17) is 4.74 Å². The van der Waals surface area contributed by atoms with Crippen molar-refractivity contribution in [1.82, 2.24) is 0 Å². The van der Waals surface area contributed by atoms with Gasteiger partial charge in [-0.15, -0.1) is 0 Å². The fraction of sp³-hybridized carbons (Fsp3) is 0.227. The maximum atomic E-state index is 12.2. The van der Waals surface area contributed by atoms with Gasteiger partial charge in [0, 0.05) is 24.5 Å². The Hall–Kier alpha value is -2.53. The van der Waals surface area contributed by atoms with Crippen LogP contribution < -0.4 is 15.0 Å². The first-order chi connectivity index (χ1) is 13.1. The summed E-state index contributed by atoms with van der Waals surface area (Å²) in [6.45, 7) is 6.12. The van der Waals surface area contributed by atoms with Gasteiger partial charge in [0.15, 0.2) is 6.61 Å². The molecule has 0 aliphatic carbocycles. The molecule has 0 atom stereocenters. The summed E-state index contributed by atoms with van der Waals surface area (Å²) in [5.74, 6) is 0.464. The van der Waals surface area contributed by atoms with Crippen LogP contribution in [0.25, 0.3) is 10.8 Å². The molecular formula is C22H23BrN2O2. The summed E-state index contributed by atoms with van der Waals surface area (Å²) in [5.41, 5.74) is 1.91. The van der Waals surface area contributed by atoms with Crippen molar-refractivity contribution in [3.05, 3.63) is 65.1 Å². The second-order valence-corrected chi connectivity index (χ2v) is 6.95. The van der Waals surface area contributed by atoms with Crippen molar-refractivity contribution in [3.8, 4) is 5.75 Å². The number of rotatable bonds is 7. The molecule has 0 saturated carbocycles. The van der Waals surface area contributed by atoms with Crippen molar-refractivity contribution in [2.45, 2.75) is 13.8 Å². The zero-order valence-corrected chi connectivity index (χ0v) is 17.1. The van der Waals surface area contributed by atoms with Gasteiger partial charge in [0.05, 0.1) is 4.47 Å². The third kappa shape index (κ3) is 4.61. The predicted octanol–water partition coefficient (Wildman–Crippen LogP) is 5.47. The normalized spacial score (nSPS) is 10.6. The monoisotopic (exact) mass is 426 g/mol. The van der Waals surface area contributed by atoms with Gasteiger partial charge in [-0.25, -0.2) is 0 Å². The van der Waals surface area contributed by atoms with Crippen LogP contribution in [0.3, 0.4) is 0 Å². The zero-order valence-electron chi connectivity index (χ0n) is 15.5. The number of carbonyl (C=O) groups is 1. The van der Waals surface area contributed by atoms with Crippen molar-refractivity contribution in [3.63, 3.8) is 0 Å². The first-order valence-electron chi connectivity index (χ1n) is 9.07. The Balaban J connectivity index is 1.61. The quantitative estimate of drug-likeness (QED) is 0.544. The highest BCUT2D eigenvalue weighted by Crippen LogP contribution is 2.33. The highest BCUT2D eigenvalue weighted by Gasteiger charge is 2.09. The number of carbonyl (C=O) groups excluding carboxylic acids is 1. The lowest BCUT2D eigenvalue weighted by molar-refractivity contribution is -0.118. The van der Waals surface area contributed by atoms with Crippen LogP contribution in [-0.4, -0.2) is 25.6 Å². The summed E-state index contributed by atoms with van der Waals surface area (Å²) in [5, 5.41) is 5.05. The number of amides is 1. The summed E-state index contributed by atoms with van der Waals surface area (Å²) in [4.78, 5) is 14.5. The van der Waals surface area contributed by atoms with E-state index in [0.717, 1.165) is 39.7 Å². The van der Waals surface area contributed by atoms with Crippen LogP contribution in [0, 0.1) is 0 Å². The number of benzene rings is 3. The topological polar surface area (TPSA) is 41.6 Å². The lowest BCUT2D eigenvalue weighted by Crippen LogP contribution is -2.22. The van der Waals surface area contributed by atoms with Gasteiger partial charge in [-0.3, -0.25) is 4.79 Å². The van der Waals surface area contributed by atoms with E-state index in [9.17, 15) is 4.79 Å². The number of hydrogen-bond acceptors (Lipinski definition) is 3. The molecule has 0 aliphatic rings. The largest absolute Gasteiger partial charge is 0.483 e. The van der Waals surface area contributed by atoms with Gasteiger partial charge < -0.3 is 15.0 Å². The van der Waals surface area contributed by atoms with Gasteiger partial charge >= 0.3 is 0 Å². The summed E-state index contributed by atoms with van der Waals surface area (Å²) < 4.78 is 6.57. The lowest BCUT2D eigenvalue weighted by Gasteiger charge is -2.21. The SMILES string of the molecule is CCN(CC)c1ccc(NC(=O)COc2ccc3ccccc3c2Br)cc1. The Kier molecular flexibility index (Phi) is 6.35. The third-order valence-corrected chi connectivity index (χ3v) is 5.28.